The maximum absolute atomic E-state index is 14.3. The van der Waals surface area contributed by atoms with Crippen molar-refractivity contribution < 1.29 is 9.18 Å². The van der Waals surface area contributed by atoms with E-state index in [1.807, 2.05) is 11.8 Å². The van der Waals surface area contributed by atoms with Crippen LogP contribution < -0.4 is 5.32 Å². The maximum Gasteiger partial charge on any atom is 0.255 e. The van der Waals surface area contributed by atoms with Crippen molar-refractivity contribution in [2.24, 2.45) is 0 Å². The topological polar surface area (TPSA) is 32.3 Å². The molecule has 2 rings (SSSR count). The molecule has 0 aliphatic carbocycles. The average molecular weight is 296 g/mol. The van der Waals surface area contributed by atoms with Gasteiger partial charge in [-0.15, -0.1) is 0 Å². The van der Waals surface area contributed by atoms with Gasteiger partial charge in [-0.1, -0.05) is 0 Å². The smallest absolute Gasteiger partial charge is 0.255 e. The number of rotatable bonds is 3. The van der Waals surface area contributed by atoms with E-state index >= 15 is 0 Å². The first kappa shape index (κ1) is 15.2. The van der Waals surface area contributed by atoms with Crippen molar-refractivity contribution >= 4 is 23.4 Å². The number of hydrogen-bond acceptors (Lipinski definition) is 3. The standard InChI is InChI=1S/C15H21FN2OS/c1-10-8-12(15(19)18(2)3)14(13(16)9-10)17-11-4-6-20-7-5-11/h8-9,11,17H,4-7H2,1-3H3. The second kappa shape index (κ2) is 6.48. The second-order valence-corrected chi connectivity index (χ2v) is 6.62. The summed E-state index contributed by atoms with van der Waals surface area (Å²) in [7, 11) is 3.37. The van der Waals surface area contributed by atoms with Crippen LogP contribution in [-0.4, -0.2) is 42.4 Å². The highest BCUT2D eigenvalue weighted by atomic mass is 32.2. The third kappa shape index (κ3) is 3.45. The summed E-state index contributed by atoms with van der Waals surface area (Å²) >= 11 is 1.92. The molecule has 0 bridgehead atoms. The SMILES string of the molecule is Cc1cc(F)c(NC2CCSCC2)c(C(=O)N(C)C)c1. The molecule has 20 heavy (non-hydrogen) atoms. The number of carbonyl (C=O) groups excluding carboxylic acids is 1. The van der Waals surface area contributed by atoms with Crippen LogP contribution in [0.5, 0.6) is 0 Å². The summed E-state index contributed by atoms with van der Waals surface area (Å²) in [6.45, 7) is 1.80. The Bertz CT molecular complexity index is 499. The predicted octanol–water partition coefficient (Wildman–Crippen LogP) is 3.14. The molecule has 1 saturated heterocycles. The summed E-state index contributed by atoms with van der Waals surface area (Å²) in [5.74, 6) is 1.67. The van der Waals surface area contributed by atoms with Gasteiger partial charge in [-0.05, 0) is 49.0 Å². The number of nitrogens with one attached hydrogen (secondary N) is 1. The highest BCUT2D eigenvalue weighted by Crippen LogP contribution is 2.27. The number of carbonyl (C=O) groups is 1. The van der Waals surface area contributed by atoms with Gasteiger partial charge in [0.05, 0.1) is 11.3 Å². The van der Waals surface area contributed by atoms with Gasteiger partial charge in [-0.3, -0.25) is 4.79 Å². The van der Waals surface area contributed by atoms with Crippen molar-refractivity contribution in [1.29, 1.82) is 0 Å². The fourth-order valence-corrected chi connectivity index (χ4v) is 3.45. The van der Waals surface area contributed by atoms with Gasteiger partial charge in [-0.2, -0.15) is 11.8 Å². The van der Waals surface area contributed by atoms with Crippen LogP contribution in [0, 0.1) is 12.7 Å². The van der Waals surface area contributed by atoms with E-state index in [2.05, 4.69) is 5.32 Å². The molecule has 0 unspecified atom stereocenters. The highest BCUT2D eigenvalue weighted by molar-refractivity contribution is 7.99. The maximum atomic E-state index is 14.3. The number of halogens is 1. The molecule has 1 heterocycles. The molecule has 0 aromatic heterocycles. The van der Waals surface area contributed by atoms with Crippen molar-refractivity contribution in [1.82, 2.24) is 4.90 Å². The van der Waals surface area contributed by atoms with E-state index in [4.69, 9.17) is 0 Å². The molecule has 0 saturated carbocycles. The lowest BCUT2D eigenvalue weighted by atomic mass is 10.0. The number of nitrogens with zero attached hydrogens (tertiary/aromatic N) is 1. The lowest BCUT2D eigenvalue weighted by molar-refractivity contribution is 0.0828. The summed E-state index contributed by atoms with van der Waals surface area (Å²) in [5, 5.41) is 3.24. The van der Waals surface area contributed by atoms with Crippen LogP contribution in [0.4, 0.5) is 10.1 Å². The summed E-state index contributed by atoms with van der Waals surface area (Å²) < 4.78 is 14.3. The average Bonchev–Trinajstić information content (AvgIpc) is 2.41. The zero-order chi connectivity index (χ0) is 14.7. The Balaban J connectivity index is 2.31. The molecular formula is C15H21FN2OS. The van der Waals surface area contributed by atoms with E-state index in [0.29, 0.717) is 11.3 Å². The minimum Gasteiger partial charge on any atom is -0.379 e. The molecule has 3 nitrogen and oxygen atoms in total. The number of hydrogen-bond donors (Lipinski definition) is 1. The largest absolute Gasteiger partial charge is 0.379 e. The third-order valence-electron chi connectivity index (χ3n) is 3.44. The van der Waals surface area contributed by atoms with Gasteiger partial charge in [0.25, 0.3) is 5.91 Å². The van der Waals surface area contributed by atoms with Crippen molar-refractivity contribution in [2.75, 3.05) is 30.9 Å². The predicted molar refractivity (Wildman–Crippen MR) is 83.1 cm³/mol. The Morgan fingerprint density at radius 2 is 2.00 bits per heavy atom. The van der Waals surface area contributed by atoms with E-state index in [0.717, 1.165) is 29.9 Å². The molecule has 0 spiro atoms. The minimum absolute atomic E-state index is 0.166. The molecule has 1 aromatic rings. The third-order valence-corrected chi connectivity index (χ3v) is 4.49. The fraction of sp³-hybridized carbons (Fsp3) is 0.533. The molecule has 1 aliphatic rings. The van der Waals surface area contributed by atoms with E-state index < -0.39 is 0 Å². The summed E-state index contributed by atoms with van der Waals surface area (Å²) in [5.41, 5.74) is 1.54. The van der Waals surface area contributed by atoms with Crippen LogP contribution in [0.2, 0.25) is 0 Å². The molecule has 110 valence electrons. The summed E-state index contributed by atoms with van der Waals surface area (Å²) in [4.78, 5) is 13.7. The first-order valence-electron chi connectivity index (χ1n) is 6.85. The van der Waals surface area contributed by atoms with E-state index in [1.165, 1.54) is 11.0 Å². The first-order valence-corrected chi connectivity index (χ1v) is 8.00. The molecule has 1 N–H and O–H groups in total. The fourth-order valence-electron chi connectivity index (χ4n) is 2.34. The van der Waals surface area contributed by atoms with Crippen molar-refractivity contribution in [3.8, 4) is 0 Å². The number of amides is 1. The normalized spacial score (nSPS) is 16.0. The Hall–Kier alpha value is -1.23. The summed E-state index contributed by atoms with van der Waals surface area (Å²) in [6.07, 6.45) is 2.02. The molecule has 1 fully saturated rings. The summed E-state index contributed by atoms with van der Waals surface area (Å²) in [6, 6.07) is 3.49. The van der Waals surface area contributed by atoms with Gasteiger partial charge in [0, 0.05) is 20.1 Å². The highest BCUT2D eigenvalue weighted by Gasteiger charge is 2.21. The number of aryl methyl sites for hydroxylation is 1. The first-order chi connectivity index (χ1) is 9.49. The van der Waals surface area contributed by atoms with Crippen LogP contribution >= 0.6 is 11.8 Å². The molecular weight excluding hydrogens is 275 g/mol. The van der Waals surface area contributed by atoms with Gasteiger partial charge in [0.1, 0.15) is 5.82 Å². The zero-order valence-corrected chi connectivity index (χ0v) is 13.0. The van der Waals surface area contributed by atoms with Crippen LogP contribution in [0.15, 0.2) is 12.1 Å². The second-order valence-electron chi connectivity index (χ2n) is 5.40. The molecule has 1 aromatic carbocycles. The Morgan fingerprint density at radius 3 is 2.60 bits per heavy atom. The van der Waals surface area contributed by atoms with Crippen LogP contribution in [0.25, 0.3) is 0 Å². The van der Waals surface area contributed by atoms with Gasteiger partial charge in [0.15, 0.2) is 0 Å². The van der Waals surface area contributed by atoms with Gasteiger partial charge < -0.3 is 10.2 Å². The van der Waals surface area contributed by atoms with E-state index in [9.17, 15) is 9.18 Å². The van der Waals surface area contributed by atoms with Gasteiger partial charge in [-0.25, -0.2) is 4.39 Å². The number of benzene rings is 1. The molecule has 5 heteroatoms. The lowest BCUT2D eigenvalue weighted by Crippen LogP contribution is -2.28. The lowest BCUT2D eigenvalue weighted by Gasteiger charge is -2.26. The van der Waals surface area contributed by atoms with Crippen LogP contribution in [-0.2, 0) is 0 Å². The number of thioether (sulfide) groups is 1. The quantitative estimate of drug-likeness (QED) is 0.930. The Kier molecular flexibility index (Phi) is 4.91. The van der Waals surface area contributed by atoms with Crippen LogP contribution in [0.1, 0.15) is 28.8 Å². The van der Waals surface area contributed by atoms with Gasteiger partial charge >= 0.3 is 0 Å². The van der Waals surface area contributed by atoms with E-state index in [1.54, 1.807) is 27.1 Å². The van der Waals surface area contributed by atoms with Crippen LogP contribution in [0.3, 0.4) is 0 Å². The number of anilines is 1. The molecule has 0 radical (unpaired) electrons. The molecule has 1 amide bonds. The zero-order valence-electron chi connectivity index (χ0n) is 12.2. The van der Waals surface area contributed by atoms with Crippen molar-refractivity contribution in [3.63, 3.8) is 0 Å². The molecule has 0 atom stereocenters. The Labute approximate surface area is 123 Å². The Morgan fingerprint density at radius 1 is 1.35 bits per heavy atom. The van der Waals surface area contributed by atoms with E-state index in [-0.39, 0.29) is 17.8 Å². The monoisotopic (exact) mass is 296 g/mol. The minimum atomic E-state index is -0.339. The molecule has 1 aliphatic heterocycles. The van der Waals surface area contributed by atoms with Crippen molar-refractivity contribution in [3.05, 3.63) is 29.1 Å². The van der Waals surface area contributed by atoms with Gasteiger partial charge in [0.2, 0.25) is 0 Å². The van der Waals surface area contributed by atoms with Crippen molar-refractivity contribution in [2.45, 2.75) is 25.8 Å².